The summed E-state index contributed by atoms with van der Waals surface area (Å²) < 4.78 is 26.4. The van der Waals surface area contributed by atoms with Gasteiger partial charge in [-0.05, 0) is 74.9 Å². The van der Waals surface area contributed by atoms with Gasteiger partial charge in [0, 0.05) is 179 Å². The molecular weight excluding hydrogens is 2240 g/mol. The van der Waals surface area contributed by atoms with Gasteiger partial charge < -0.3 is 37.6 Å². The van der Waals surface area contributed by atoms with Crippen LogP contribution in [0.15, 0.2) is 260 Å². The van der Waals surface area contributed by atoms with Crippen LogP contribution in [0, 0.1) is 50.7 Å². The Hall–Kier alpha value is -12.0. The zero-order valence-electron chi connectivity index (χ0n) is 80.7. The van der Waals surface area contributed by atoms with Gasteiger partial charge in [0.15, 0.2) is 23.7 Å². The number of imidazole rings is 1. The molecule has 0 saturated carbocycles. The maximum absolute atomic E-state index is 11.5. The summed E-state index contributed by atoms with van der Waals surface area (Å²) in [4.78, 5) is 74.6. The molecule has 20 nitrogen and oxygen atoms in total. The zero-order chi connectivity index (χ0) is 95.4. The molecule has 135 heavy (non-hydrogen) atoms. The maximum Gasteiger partial charge on any atom is 0.181 e. The molecule has 3 radical (unpaired) electrons. The summed E-state index contributed by atoms with van der Waals surface area (Å²) in [6.07, 6.45) is 17.3. The predicted molar refractivity (Wildman–Crippen MR) is 533 cm³/mol. The Bertz CT molecular complexity index is 6670. The van der Waals surface area contributed by atoms with E-state index in [4.69, 9.17) is 17.7 Å². The number of benzene rings is 9. The number of rotatable bonds is 12. The van der Waals surface area contributed by atoms with Gasteiger partial charge in [-0.15, -0.1) is 65.9 Å². The topological polar surface area (TPSA) is 285 Å². The molecule has 705 valence electrons. The van der Waals surface area contributed by atoms with Crippen LogP contribution in [0.25, 0.3) is 160 Å². The largest absolute Gasteiger partial charge is 0.512 e. The van der Waals surface area contributed by atoms with Gasteiger partial charge in [-0.25, -0.2) is 29.9 Å². The molecular formula is C111H115Ir3N10O10S-3. The number of aliphatic hydroxyl groups excluding tert-OH is 3. The van der Waals surface area contributed by atoms with Gasteiger partial charge in [0.05, 0.1) is 50.8 Å². The molecule has 0 saturated heterocycles. The zero-order valence-corrected chi connectivity index (χ0v) is 88.7. The quantitative estimate of drug-likeness (QED) is 0.0582. The number of aliphatic hydroxyl groups is 3. The summed E-state index contributed by atoms with van der Waals surface area (Å²) in [6, 6.07) is 59.5. The Labute approximate surface area is 833 Å². The second-order valence-corrected chi connectivity index (χ2v) is 40.7. The van der Waals surface area contributed by atoms with E-state index in [0.717, 1.165) is 160 Å². The first-order valence-electron chi connectivity index (χ1n) is 44.2. The summed E-state index contributed by atoms with van der Waals surface area (Å²) in [5.74, 6) is 1.43. The first-order valence-corrected chi connectivity index (χ1v) is 45.2. The Morgan fingerprint density at radius 2 is 0.726 bits per heavy atom. The third-order valence-electron chi connectivity index (χ3n) is 22.5. The minimum Gasteiger partial charge on any atom is -0.512 e. The van der Waals surface area contributed by atoms with Gasteiger partial charge >= 0.3 is 0 Å². The van der Waals surface area contributed by atoms with Gasteiger partial charge in [-0.3, -0.25) is 29.3 Å². The number of para-hydroxylation sites is 3. The first-order chi connectivity index (χ1) is 62.3. The van der Waals surface area contributed by atoms with Crippen molar-refractivity contribution in [1.29, 1.82) is 0 Å². The number of hydrogen-bond donors (Lipinski definition) is 3. The van der Waals surface area contributed by atoms with Gasteiger partial charge in [0.25, 0.3) is 0 Å². The number of fused-ring (bicyclic) bond motifs is 12. The molecule has 9 aromatic carbocycles. The number of carbonyl (C=O) groups excluding carboxylic acids is 3. The molecule has 0 fully saturated rings. The molecule has 0 aliphatic carbocycles. The molecule has 3 N–H and O–H groups in total. The fourth-order valence-electron chi connectivity index (χ4n) is 14.3. The molecule has 0 aliphatic heterocycles. The molecule has 9 heterocycles. The first kappa shape index (κ1) is 105. The van der Waals surface area contributed by atoms with E-state index in [9.17, 15) is 29.7 Å². The van der Waals surface area contributed by atoms with Crippen molar-refractivity contribution < 1.29 is 108 Å². The molecule has 18 rings (SSSR count). The van der Waals surface area contributed by atoms with E-state index in [1.54, 1.807) is 49.1 Å². The van der Waals surface area contributed by atoms with Crippen molar-refractivity contribution in [2.75, 3.05) is 0 Å². The van der Waals surface area contributed by atoms with Crippen molar-refractivity contribution in [2.45, 2.75) is 184 Å². The number of ketones is 3. The predicted octanol–water partition coefficient (Wildman–Crippen LogP) is 29.6. The number of carbonyl (C=O) groups is 3. The maximum atomic E-state index is 11.5. The average molecular weight is 2360 g/mol. The Morgan fingerprint density at radius 1 is 0.385 bits per heavy atom. The van der Waals surface area contributed by atoms with Gasteiger partial charge in [0.2, 0.25) is 0 Å². The molecule has 9 aromatic heterocycles. The number of allylic oxidation sites excluding steroid dienone is 6. The molecule has 24 heteroatoms. The molecule has 18 aromatic rings. The van der Waals surface area contributed by atoms with E-state index in [2.05, 4.69) is 202 Å². The van der Waals surface area contributed by atoms with Crippen LogP contribution in [0.5, 0.6) is 0 Å². The molecule has 0 bridgehead atoms. The Morgan fingerprint density at radius 3 is 1.03 bits per heavy atom. The Kier molecular flexibility index (Phi) is 33.4. The number of thiazole rings is 1. The van der Waals surface area contributed by atoms with Crippen molar-refractivity contribution in [1.82, 2.24) is 49.4 Å². The number of nitrogens with zero attached hydrogens (tertiary/aromatic N) is 10. The fraction of sp³-hybridized carbons (Fsp3) is 0.297. The van der Waals surface area contributed by atoms with Gasteiger partial charge in [0.1, 0.15) is 65.0 Å². The van der Waals surface area contributed by atoms with E-state index in [0.29, 0.717) is 17.8 Å². The van der Waals surface area contributed by atoms with E-state index in [1.807, 2.05) is 195 Å². The summed E-state index contributed by atoms with van der Waals surface area (Å²) in [6.45, 7) is 46.4. The third kappa shape index (κ3) is 24.1. The van der Waals surface area contributed by atoms with Gasteiger partial charge in [-0.1, -0.05) is 284 Å². The fourth-order valence-corrected chi connectivity index (χ4v) is 14.8. The van der Waals surface area contributed by atoms with Crippen LogP contribution in [0.3, 0.4) is 0 Å². The second kappa shape index (κ2) is 42.9. The van der Waals surface area contributed by atoms with Crippen LogP contribution in [0.4, 0.5) is 0 Å². The second-order valence-electron chi connectivity index (χ2n) is 40.0. The monoisotopic (exact) mass is 2360 g/mol. The van der Waals surface area contributed by atoms with Gasteiger partial charge in [-0.2, -0.15) is 0 Å². The van der Waals surface area contributed by atoms with Crippen LogP contribution in [0.2, 0.25) is 0 Å². The minimum atomic E-state index is -0.417. The van der Waals surface area contributed by atoms with E-state index < -0.39 is 16.2 Å². The number of furan rings is 3. The molecule has 0 aliphatic rings. The summed E-state index contributed by atoms with van der Waals surface area (Å²) >= 11 is 1.58. The average Bonchev–Trinajstić information content (AvgIpc) is 1.60. The van der Waals surface area contributed by atoms with Crippen molar-refractivity contribution in [3.8, 4) is 62.0 Å². The summed E-state index contributed by atoms with van der Waals surface area (Å²) in [5, 5.41) is 40.2. The molecule has 0 atom stereocenters. The SMILES string of the molecule is CC(C)(C)C(=O)C=C(O)C(C)(C)C.CC(C)(C)C(=O)C=C(O)C(C)(C)C.CC(C)(C)C(=O)C=C(O)C(C)(C)C.CC(C)c1cccc2c1oc1c(-c3ncnc4cc(-c5cocn5)ccc34)[c-]ccc12.CC(C)c1cccc2c1oc1c(-c3ncnc4cc(-c5cscn5)ccc34)[c-]ccc12.CC(C)c1cccc2c1oc1c(-c3ncnc4cc(-n5ccnc5)ccc34)[c-]ccc12.[Ir].[Ir].[Ir]. The summed E-state index contributed by atoms with van der Waals surface area (Å²) in [7, 11) is 0. The van der Waals surface area contributed by atoms with Crippen LogP contribution in [0.1, 0.15) is 201 Å². The standard InChI is InChI=1S/C26H19N4O.C26H18N3O2.C26H18N3OS.3C11H20O2.3Ir/c1-16(2)18-5-3-6-19-20-7-4-8-22(26(20)31-25(18)19)24-21-10-9-17(30-12-11-27-15-30)13-23(21)28-14-29-24;1-15(2)17-5-3-6-18-19-7-4-8-21(26(19)31-25(17)18)24-20-10-9-16(23-12-30-14-29-23)11-22(20)27-13-28-24;1-15(2)17-5-3-6-18-19-7-4-8-21(26(19)30-25(17)18)24-20-10-9-16(23-12-31-14-29-23)11-22(20)27-13-28-24;3*1-10(2,3)8(12)7-9(13)11(4,5)6;;;/h3-7,9-16H,1-2H3;2*3-7,9-15H,1-2H3;3*7,12H,1-6H3;;;/q3*-1;;;;;;. The van der Waals surface area contributed by atoms with Crippen molar-refractivity contribution in [2.24, 2.45) is 32.5 Å². The van der Waals surface area contributed by atoms with E-state index in [-0.39, 0.29) is 111 Å². The summed E-state index contributed by atoms with van der Waals surface area (Å²) in [5.41, 5.74) is 20.7. The normalized spacial score (nSPS) is 12.3. The third-order valence-corrected chi connectivity index (χ3v) is 23.1. The molecule has 0 spiro atoms. The molecule has 0 amide bonds. The van der Waals surface area contributed by atoms with Crippen LogP contribution in [-0.4, -0.2) is 82.1 Å². The van der Waals surface area contributed by atoms with Crippen molar-refractivity contribution >= 4 is 127 Å². The van der Waals surface area contributed by atoms with Crippen molar-refractivity contribution in [3.05, 3.63) is 277 Å². The van der Waals surface area contributed by atoms with Crippen LogP contribution < -0.4 is 0 Å². The Balaban J connectivity index is 0.000000175. The number of oxazole rings is 1. The smallest absolute Gasteiger partial charge is 0.181 e. The number of aromatic nitrogens is 10. The van der Waals surface area contributed by atoms with Crippen LogP contribution >= 0.6 is 11.3 Å². The van der Waals surface area contributed by atoms with Crippen molar-refractivity contribution in [3.63, 3.8) is 0 Å². The minimum absolute atomic E-state index is 0. The number of hydrogen-bond acceptors (Lipinski definition) is 20. The molecule has 0 unspecified atom stereocenters. The van der Waals surface area contributed by atoms with E-state index >= 15 is 0 Å². The van der Waals surface area contributed by atoms with Crippen LogP contribution in [-0.2, 0) is 74.7 Å². The van der Waals surface area contributed by atoms with E-state index in [1.165, 1.54) is 41.3 Å².